The summed E-state index contributed by atoms with van der Waals surface area (Å²) in [6, 6.07) is 9.22. The van der Waals surface area contributed by atoms with E-state index in [2.05, 4.69) is 19.9 Å². The van der Waals surface area contributed by atoms with Crippen molar-refractivity contribution in [2.75, 3.05) is 0 Å². The second kappa shape index (κ2) is 12.7. The van der Waals surface area contributed by atoms with Gasteiger partial charge in [0.2, 0.25) is 0 Å². The summed E-state index contributed by atoms with van der Waals surface area (Å²) in [6.45, 7) is 4.39. The molecule has 0 fully saturated rings. The van der Waals surface area contributed by atoms with E-state index in [9.17, 15) is 13.0 Å². The first-order valence-corrected chi connectivity index (χ1v) is 11.4. The normalized spacial score (nSPS) is 11.5. The summed E-state index contributed by atoms with van der Waals surface area (Å²) in [5.41, 5.74) is 2.38. The Balaban J connectivity index is 0.00000364. The van der Waals surface area contributed by atoms with Crippen molar-refractivity contribution < 1.29 is 64.4 Å². The van der Waals surface area contributed by atoms with Crippen molar-refractivity contribution in [2.45, 2.75) is 83.0 Å². The van der Waals surface area contributed by atoms with Crippen molar-refractivity contribution >= 4 is 20.9 Å². The number of unbranched alkanes of at least 4 members (excludes halogenated alkanes) is 6. The smallest absolute Gasteiger partial charge is 0.744 e. The van der Waals surface area contributed by atoms with E-state index in [0.717, 1.165) is 36.6 Å². The van der Waals surface area contributed by atoms with E-state index in [0.29, 0.717) is 5.39 Å². The van der Waals surface area contributed by atoms with Gasteiger partial charge < -0.3 is 4.55 Å². The first-order valence-electron chi connectivity index (χ1n) is 9.97. The Morgan fingerprint density at radius 3 is 2.00 bits per heavy atom. The van der Waals surface area contributed by atoms with E-state index < -0.39 is 10.1 Å². The Morgan fingerprint density at radius 2 is 1.41 bits per heavy atom. The van der Waals surface area contributed by atoms with E-state index >= 15 is 0 Å². The predicted molar refractivity (Wildman–Crippen MR) is 108 cm³/mol. The molecule has 0 N–H and O–H groups in total. The Kier molecular flexibility index (Phi) is 11.9. The fourth-order valence-electron chi connectivity index (χ4n) is 3.52. The van der Waals surface area contributed by atoms with Gasteiger partial charge in [0.1, 0.15) is 10.1 Å². The van der Waals surface area contributed by atoms with E-state index in [1.165, 1.54) is 50.2 Å². The largest absolute Gasteiger partial charge is 1.00 e. The van der Waals surface area contributed by atoms with Crippen LogP contribution in [0.2, 0.25) is 0 Å². The van der Waals surface area contributed by atoms with Crippen LogP contribution in [-0.2, 0) is 23.0 Å². The molecule has 0 aliphatic rings. The van der Waals surface area contributed by atoms with Crippen LogP contribution in [0.5, 0.6) is 0 Å². The van der Waals surface area contributed by atoms with Gasteiger partial charge in [0.05, 0.1) is 4.90 Å². The van der Waals surface area contributed by atoms with Crippen molar-refractivity contribution in [3.63, 3.8) is 0 Å². The predicted octanol–water partition coefficient (Wildman–Crippen LogP) is 2.99. The third-order valence-corrected chi connectivity index (χ3v) is 5.91. The molecule has 0 amide bonds. The monoisotopic (exact) mass is 414 g/mol. The van der Waals surface area contributed by atoms with Crippen LogP contribution in [0, 0.1) is 0 Å². The van der Waals surface area contributed by atoms with Gasteiger partial charge in [-0.15, -0.1) is 0 Å². The molecule has 3 nitrogen and oxygen atoms in total. The molecule has 2 rings (SSSR count). The van der Waals surface area contributed by atoms with Crippen molar-refractivity contribution in [2.24, 2.45) is 0 Å². The van der Waals surface area contributed by atoms with Gasteiger partial charge in [-0.1, -0.05) is 76.6 Å². The van der Waals surface area contributed by atoms with Crippen LogP contribution in [0.4, 0.5) is 0 Å². The topological polar surface area (TPSA) is 57.2 Å². The SMILES string of the molecule is CCCCCCc1ccc2c(S(=O)(=O)[O-])ccc(CCCCCC)c2c1.[K+]. The Bertz CT molecular complexity index is 816. The fraction of sp³-hybridized carbons (Fsp3) is 0.545. The zero-order valence-corrected chi connectivity index (χ0v) is 21.0. The van der Waals surface area contributed by atoms with Gasteiger partial charge in [0.25, 0.3) is 0 Å². The second-order valence-corrected chi connectivity index (χ2v) is 8.53. The zero-order valence-electron chi connectivity index (χ0n) is 17.1. The number of hydrogen-bond donors (Lipinski definition) is 0. The minimum atomic E-state index is -4.46. The molecule has 0 aliphatic heterocycles. The van der Waals surface area contributed by atoms with Crippen LogP contribution in [-0.4, -0.2) is 13.0 Å². The van der Waals surface area contributed by atoms with Crippen LogP contribution < -0.4 is 51.4 Å². The summed E-state index contributed by atoms with van der Waals surface area (Å²) >= 11 is 0. The van der Waals surface area contributed by atoms with Gasteiger partial charge in [-0.2, -0.15) is 0 Å². The molecule has 0 aliphatic carbocycles. The number of aryl methyl sites for hydroxylation is 2. The molecule has 0 radical (unpaired) electrons. The standard InChI is InChI=1S/C22H32O3S.K/c1-3-5-7-9-11-18-13-15-20-21(17-18)19(12-10-8-6-4-2)14-16-22(20)26(23,24)25;/h13-17H,3-12H2,1-2H3,(H,23,24,25);/q;+1/p-1. The van der Waals surface area contributed by atoms with Crippen molar-refractivity contribution in [3.8, 4) is 0 Å². The molecule has 0 aromatic heterocycles. The summed E-state index contributed by atoms with van der Waals surface area (Å²) < 4.78 is 34.9. The molecule has 27 heavy (non-hydrogen) atoms. The molecule has 0 saturated carbocycles. The first kappa shape index (κ1) is 25.3. The number of rotatable bonds is 11. The summed E-state index contributed by atoms with van der Waals surface area (Å²) in [5.74, 6) is 0. The molecule has 2 aromatic rings. The van der Waals surface area contributed by atoms with Gasteiger partial charge in [-0.25, -0.2) is 8.42 Å². The third-order valence-electron chi connectivity index (χ3n) is 5.02. The molecule has 0 unspecified atom stereocenters. The Hall–Kier alpha value is 0.246. The fourth-order valence-corrected chi connectivity index (χ4v) is 4.20. The third kappa shape index (κ3) is 7.88. The van der Waals surface area contributed by atoms with Gasteiger partial charge in [0.15, 0.2) is 0 Å². The molecule has 2 aromatic carbocycles. The molecule has 0 bridgehead atoms. The summed E-state index contributed by atoms with van der Waals surface area (Å²) in [7, 11) is -4.46. The quantitative estimate of drug-likeness (QED) is 0.323. The molecule has 0 heterocycles. The number of benzene rings is 2. The number of fused-ring (bicyclic) bond motifs is 1. The minimum Gasteiger partial charge on any atom is -0.744 e. The molecule has 144 valence electrons. The van der Waals surface area contributed by atoms with Crippen molar-refractivity contribution in [3.05, 3.63) is 41.5 Å². The summed E-state index contributed by atoms with van der Waals surface area (Å²) in [5, 5.41) is 1.51. The maximum atomic E-state index is 11.6. The minimum absolute atomic E-state index is 0. The summed E-state index contributed by atoms with van der Waals surface area (Å²) in [4.78, 5) is -0.0951. The molecule has 5 heteroatoms. The maximum absolute atomic E-state index is 11.6. The number of hydrogen-bond acceptors (Lipinski definition) is 3. The average molecular weight is 415 g/mol. The molecule has 0 spiro atoms. The zero-order chi connectivity index (χ0) is 19.0. The second-order valence-electron chi connectivity index (χ2n) is 7.18. The van der Waals surface area contributed by atoms with Gasteiger partial charge >= 0.3 is 51.4 Å². The van der Waals surface area contributed by atoms with Crippen LogP contribution in [0.15, 0.2) is 35.2 Å². The van der Waals surface area contributed by atoms with Crippen LogP contribution in [0.3, 0.4) is 0 Å². The first-order chi connectivity index (χ1) is 12.5. The van der Waals surface area contributed by atoms with Gasteiger partial charge in [-0.05, 0) is 53.6 Å². The van der Waals surface area contributed by atoms with Gasteiger partial charge in [0, 0.05) is 0 Å². The van der Waals surface area contributed by atoms with E-state index in [1.807, 2.05) is 18.2 Å². The van der Waals surface area contributed by atoms with E-state index in [4.69, 9.17) is 0 Å². The van der Waals surface area contributed by atoms with Gasteiger partial charge in [-0.3, -0.25) is 0 Å². The van der Waals surface area contributed by atoms with Crippen LogP contribution in [0.1, 0.15) is 76.3 Å². The van der Waals surface area contributed by atoms with Crippen LogP contribution >= 0.6 is 0 Å². The van der Waals surface area contributed by atoms with Crippen molar-refractivity contribution in [1.82, 2.24) is 0 Å². The maximum Gasteiger partial charge on any atom is 1.00 e. The Labute approximate surface area is 207 Å². The Morgan fingerprint density at radius 1 is 0.778 bits per heavy atom. The molecular formula is C22H31KO3S. The van der Waals surface area contributed by atoms with Crippen molar-refractivity contribution in [1.29, 1.82) is 0 Å². The van der Waals surface area contributed by atoms with Crippen LogP contribution in [0.25, 0.3) is 10.8 Å². The van der Waals surface area contributed by atoms with E-state index in [1.54, 1.807) is 0 Å². The molecular weight excluding hydrogens is 383 g/mol. The average Bonchev–Trinajstić information content (AvgIpc) is 2.61. The molecule has 0 saturated heterocycles. The molecule has 0 atom stereocenters. The van der Waals surface area contributed by atoms with E-state index in [-0.39, 0.29) is 56.3 Å². The summed E-state index contributed by atoms with van der Waals surface area (Å²) in [6.07, 6.45) is 11.4.